The van der Waals surface area contributed by atoms with E-state index in [2.05, 4.69) is 9.64 Å². The van der Waals surface area contributed by atoms with Gasteiger partial charge in [0.15, 0.2) is 17.3 Å². The number of ether oxygens (including phenoxy) is 1. The molecule has 0 radical (unpaired) electrons. The molecule has 2 fully saturated rings. The molecule has 2 aromatic heterocycles. The Balaban J connectivity index is 1.43. The van der Waals surface area contributed by atoms with Gasteiger partial charge in [-0.1, -0.05) is 30.3 Å². The van der Waals surface area contributed by atoms with Crippen LogP contribution in [0.4, 0.5) is 19.3 Å². The Morgan fingerprint density at radius 2 is 1.90 bits per heavy atom. The van der Waals surface area contributed by atoms with Crippen LogP contribution >= 0.6 is 0 Å². The zero-order valence-corrected chi connectivity index (χ0v) is 21.4. The fourth-order valence-corrected chi connectivity index (χ4v) is 5.54. The van der Waals surface area contributed by atoms with Gasteiger partial charge in [-0.25, -0.2) is 18.4 Å². The molecule has 4 aromatic rings. The predicted octanol–water partition coefficient (Wildman–Crippen LogP) is 4.84. The highest BCUT2D eigenvalue weighted by Crippen LogP contribution is 2.42. The summed E-state index contributed by atoms with van der Waals surface area (Å²) < 4.78 is 48.1. The molecule has 3 heterocycles. The number of carbonyl (C=O) groups is 1. The number of nitrogens with zero attached hydrogens (tertiary/aromatic N) is 3. The zero-order valence-electron chi connectivity index (χ0n) is 21.4. The molecule has 0 bridgehead atoms. The fourth-order valence-electron chi connectivity index (χ4n) is 5.54. The summed E-state index contributed by atoms with van der Waals surface area (Å²) in [5, 5.41) is 8.74. The van der Waals surface area contributed by atoms with Crippen molar-refractivity contribution in [3.8, 4) is 5.75 Å². The first-order chi connectivity index (χ1) is 19.2. The van der Waals surface area contributed by atoms with Crippen molar-refractivity contribution in [3.63, 3.8) is 0 Å². The van der Waals surface area contributed by atoms with Crippen molar-refractivity contribution in [1.29, 1.82) is 0 Å². The van der Waals surface area contributed by atoms with E-state index in [1.165, 1.54) is 17.0 Å². The van der Waals surface area contributed by atoms with Crippen LogP contribution < -0.4 is 20.9 Å². The van der Waals surface area contributed by atoms with Crippen LogP contribution in [0.1, 0.15) is 49.2 Å². The first-order valence-corrected chi connectivity index (χ1v) is 12.8. The van der Waals surface area contributed by atoms with Crippen LogP contribution in [0.15, 0.2) is 67.3 Å². The van der Waals surface area contributed by atoms with Gasteiger partial charge in [-0.05, 0) is 31.4 Å². The van der Waals surface area contributed by atoms with Gasteiger partial charge in [0, 0.05) is 25.7 Å². The number of benzene rings is 2. The van der Waals surface area contributed by atoms with E-state index < -0.39 is 34.8 Å². The minimum absolute atomic E-state index is 0.0890. The number of aromatic nitrogens is 1. The van der Waals surface area contributed by atoms with Crippen molar-refractivity contribution in [2.24, 2.45) is 0 Å². The number of pyridine rings is 1. The third-order valence-corrected chi connectivity index (χ3v) is 7.59. The van der Waals surface area contributed by atoms with E-state index in [0.717, 1.165) is 11.6 Å². The predicted molar refractivity (Wildman–Crippen MR) is 139 cm³/mol. The number of hydrogen-bond acceptors (Lipinski definition) is 8. The maximum Gasteiger partial charge on any atom is 0.518 e. The molecule has 12 heteroatoms. The van der Waals surface area contributed by atoms with Gasteiger partial charge in [-0.2, -0.15) is 0 Å². The second-order valence-electron chi connectivity index (χ2n) is 10.0. The van der Waals surface area contributed by atoms with Crippen LogP contribution in [-0.2, 0) is 0 Å². The summed E-state index contributed by atoms with van der Waals surface area (Å²) in [7, 11) is 0. The van der Waals surface area contributed by atoms with Crippen molar-refractivity contribution in [2.75, 3.05) is 24.5 Å². The Bertz CT molecular complexity index is 1710. The summed E-state index contributed by atoms with van der Waals surface area (Å²) in [5.41, 5.74) is -0.358. The van der Waals surface area contributed by atoms with E-state index in [1.807, 2.05) is 37.3 Å². The van der Waals surface area contributed by atoms with Gasteiger partial charge >= 0.3 is 12.0 Å². The van der Waals surface area contributed by atoms with E-state index in [9.17, 15) is 14.4 Å². The Kier molecular flexibility index (Phi) is 6.41. The second kappa shape index (κ2) is 9.94. The molecule has 0 spiro atoms. The van der Waals surface area contributed by atoms with Gasteiger partial charge in [0.05, 0.1) is 29.2 Å². The number of hydrogen-bond donors (Lipinski definition) is 1. The standard InChI is InChI=1S/C28H25F2N3O7/c1-15(22-14-38-28(37)40-22)32-10-9-31(12-20(32)16-5-3-2-4-6-16)25-19(29)11-18-24(23(25)30)33(17-7-8-17)13-21(26(18)34)39-27(35)36/h2-6,11,13-15,17,20H,7-10,12H2,1H3,(H,35,36)/t15-,20?/m0/s1. The van der Waals surface area contributed by atoms with Gasteiger partial charge in [-0.3, -0.25) is 9.69 Å². The summed E-state index contributed by atoms with van der Waals surface area (Å²) >= 11 is 0. The zero-order chi connectivity index (χ0) is 28.1. The molecule has 1 aliphatic carbocycles. The molecule has 6 rings (SSSR count). The lowest BCUT2D eigenvalue weighted by atomic mass is 9.99. The first-order valence-electron chi connectivity index (χ1n) is 12.8. The average Bonchev–Trinajstić information content (AvgIpc) is 3.69. The second-order valence-corrected chi connectivity index (χ2v) is 10.0. The van der Waals surface area contributed by atoms with Gasteiger partial charge < -0.3 is 28.1 Å². The summed E-state index contributed by atoms with van der Waals surface area (Å²) in [4.78, 5) is 39.3. The van der Waals surface area contributed by atoms with Crippen LogP contribution in [0.5, 0.6) is 5.75 Å². The molecule has 1 N–H and O–H groups in total. The normalized spacial score (nSPS) is 18.7. The molecule has 1 saturated carbocycles. The van der Waals surface area contributed by atoms with Gasteiger partial charge in [0.1, 0.15) is 17.8 Å². The molecule has 1 saturated heterocycles. The Hall–Kier alpha value is -4.45. The largest absolute Gasteiger partial charge is 0.518 e. The molecule has 2 aliphatic rings. The third kappa shape index (κ3) is 4.53. The summed E-state index contributed by atoms with van der Waals surface area (Å²) in [6.07, 6.45) is 2.17. The van der Waals surface area contributed by atoms with Gasteiger partial charge in [0.2, 0.25) is 5.43 Å². The Labute approximate surface area is 225 Å². The number of halogens is 2. The summed E-state index contributed by atoms with van der Waals surface area (Å²) in [6, 6.07) is 9.55. The quantitative estimate of drug-likeness (QED) is 0.335. The minimum atomic E-state index is -1.69. The molecule has 40 heavy (non-hydrogen) atoms. The van der Waals surface area contributed by atoms with Crippen molar-refractivity contribution < 1.29 is 32.3 Å². The van der Waals surface area contributed by atoms with E-state index in [-0.39, 0.29) is 47.8 Å². The Morgan fingerprint density at radius 1 is 1.15 bits per heavy atom. The number of piperazine rings is 1. The molecular formula is C28H25F2N3O7. The van der Waals surface area contributed by atoms with Gasteiger partial charge in [-0.15, -0.1) is 0 Å². The maximum atomic E-state index is 16.3. The molecule has 10 nitrogen and oxygen atoms in total. The molecule has 0 amide bonds. The lowest BCUT2D eigenvalue weighted by Crippen LogP contribution is -2.49. The number of rotatable bonds is 6. The van der Waals surface area contributed by atoms with Crippen LogP contribution in [0.2, 0.25) is 0 Å². The monoisotopic (exact) mass is 553 g/mol. The van der Waals surface area contributed by atoms with E-state index >= 15 is 8.78 Å². The minimum Gasteiger partial charge on any atom is -0.449 e. The number of fused-ring (bicyclic) bond motifs is 1. The number of anilines is 1. The molecule has 208 valence electrons. The van der Waals surface area contributed by atoms with Crippen molar-refractivity contribution in [2.45, 2.75) is 37.9 Å². The van der Waals surface area contributed by atoms with Crippen molar-refractivity contribution in [1.82, 2.24) is 9.47 Å². The van der Waals surface area contributed by atoms with Crippen LogP contribution in [-0.4, -0.2) is 40.4 Å². The van der Waals surface area contributed by atoms with Crippen molar-refractivity contribution >= 4 is 22.7 Å². The maximum absolute atomic E-state index is 16.3. The van der Waals surface area contributed by atoms with E-state index in [0.29, 0.717) is 25.1 Å². The first kappa shape index (κ1) is 25.8. The highest BCUT2D eigenvalue weighted by Gasteiger charge is 2.37. The summed E-state index contributed by atoms with van der Waals surface area (Å²) in [6.45, 7) is 2.67. The SMILES string of the molecule is C[C@@H](c1coc(=O)o1)N1CCN(c2c(F)cc3c(=O)c(OC(=O)O)cn(C4CC4)c3c2F)CC1c1ccccc1. The lowest BCUT2D eigenvalue weighted by molar-refractivity contribution is 0.112. The lowest BCUT2D eigenvalue weighted by Gasteiger charge is -2.45. The smallest absolute Gasteiger partial charge is 0.449 e. The average molecular weight is 554 g/mol. The fraction of sp³-hybridized carbons (Fsp3) is 0.321. The molecule has 2 atom stereocenters. The van der Waals surface area contributed by atoms with Gasteiger partial charge in [0.25, 0.3) is 0 Å². The Morgan fingerprint density at radius 3 is 2.55 bits per heavy atom. The highest BCUT2D eigenvalue weighted by molar-refractivity contribution is 5.86. The summed E-state index contributed by atoms with van der Waals surface area (Å²) in [5.74, 6) is -2.80. The number of carboxylic acid groups (broad SMARTS) is 1. The van der Waals surface area contributed by atoms with Crippen LogP contribution in [0.25, 0.3) is 10.9 Å². The van der Waals surface area contributed by atoms with E-state index in [4.69, 9.17) is 13.9 Å². The highest BCUT2D eigenvalue weighted by atomic mass is 19.1. The molecule has 1 aliphatic heterocycles. The third-order valence-electron chi connectivity index (χ3n) is 7.59. The van der Waals surface area contributed by atoms with Crippen LogP contribution in [0.3, 0.4) is 0 Å². The van der Waals surface area contributed by atoms with Crippen LogP contribution in [0, 0.1) is 11.6 Å². The topological polar surface area (TPSA) is 118 Å². The van der Waals surface area contributed by atoms with Crippen molar-refractivity contribution in [3.05, 3.63) is 92.7 Å². The molecule has 2 aromatic carbocycles. The molecule has 1 unspecified atom stereocenters. The van der Waals surface area contributed by atoms with E-state index in [1.54, 1.807) is 4.90 Å². The molecular weight excluding hydrogens is 528 g/mol.